The zero-order valence-corrected chi connectivity index (χ0v) is 11.4. The van der Waals surface area contributed by atoms with Crippen LogP contribution in [0.5, 0.6) is 0 Å². The first-order chi connectivity index (χ1) is 7.76. The standard InChI is InChI=1S/C13H24FNO2/c1-5-7-13(14)8-6-9-15(10-13)11(16)17-12(2,3)4/h5-10H2,1-4H3. The molecule has 0 aromatic heterocycles. The Kier molecular flexibility index (Phi) is 4.39. The average Bonchev–Trinajstić information content (AvgIpc) is 2.14. The van der Waals surface area contributed by atoms with E-state index in [4.69, 9.17) is 4.74 Å². The predicted octanol–water partition coefficient (Wildman–Crippen LogP) is 3.53. The van der Waals surface area contributed by atoms with E-state index in [2.05, 4.69) is 0 Å². The Morgan fingerprint density at radius 1 is 1.47 bits per heavy atom. The molecule has 4 heteroatoms. The second kappa shape index (κ2) is 5.23. The Morgan fingerprint density at radius 3 is 2.65 bits per heavy atom. The lowest BCUT2D eigenvalue weighted by Crippen LogP contribution is -2.49. The molecule has 0 N–H and O–H groups in total. The van der Waals surface area contributed by atoms with Gasteiger partial charge < -0.3 is 9.64 Å². The summed E-state index contributed by atoms with van der Waals surface area (Å²) in [7, 11) is 0. The summed E-state index contributed by atoms with van der Waals surface area (Å²) in [5.41, 5.74) is -1.73. The minimum atomic E-state index is -1.22. The van der Waals surface area contributed by atoms with Crippen molar-refractivity contribution >= 4 is 6.09 Å². The quantitative estimate of drug-likeness (QED) is 0.745. The number of ether oxygens (including phenoxy) is 1. The van der Waals surface area contributed by atoms with Gasteiger partial charge in [0.25, 0.3) is 0 Å². The number of rotatable bonds is 2. The molecule has 1 fully saturated rings. The highest BCUT2D eigenvalue weighted by molar-refractivity contribution is 5.68. The van der Waals surface area contributed by atoms with Gasteiger partial charge in [-0.2, -0.15) is 0 Å². The Labute approximate surface area is 103 Å². The van der Waals surface area contributed by atoms with Crippen LogP contribution in [0, 0.1) is 0 Å². The van der Waals surface area contributed by atoms with Crippen molar-refractivity contribution in [3.05, 3.63) is 0 Å². The molecule has 0 spiro atoms. The van der Waals surface area contributed by atoms with E-state index in [1.54, 1.807) is 0 Å². The first-order valence-corrected chi connectivity index (χ1v) is 6.43. The fourth-order valence-electron chi connectivity index (χ4n) is 2.22. The minimum Gasteiger partial charge on any atom is -0.444 e. The summed E-state index contributed by atoms with van der Waals surface area (Å²) in [6.45, 7) is 8.21. The lowest BCUT2D eigenvalue weighted by atomic mass is 9.90. The molecular weight excluding hydrogens is 221 g/mol. The molecule has 17 heavy (non-hydrogen) atoms. The number of hydrogen-bond acceptors (Lipinski definition) is 2. The van der Waals surface area contributed by atoms with Crippen LogP contribution in [0.4, 0.5) is 9.18 Å². The highest BCUT2D eigenvalue weighted by atomic mass is 19.1. The smallest absolute Gasteiger partial charge is 0.410 e. The summed E-state index contributed by atoms with van der Waals surface area (Å²) in [4.78, 5) is 13.3. The molecule has 0 aliphatic carbocycles. The summed E-state index contributed by atoms with van der Waals surface area (Å²) in [5.74, 6) is 0. The maximum absolute atomic E-state index is 14.4. The second-order valence-electron chi connectivity index (χ2n) is 5.91. The van der Waals surface area contributed by atoms with Gasteiger partial charge in [0.2, 0.25) is 0 Å². The van der Waals surface area contributed by atoms with Crippen molar-refractivity contribution in [2.45, 2.75) is 64.6 Å². The molecule has 1 amide bonds. The third kappa shape index (κ3) is 4.52. The number of piperidine rings is 1. The fourth-order valence-corrected chi connectivity index (χ4v) is 2.22. The van der Waals surface area contributed by atoms with Gasteiger partial charge in [-0.05, 0) is 40.0 Å². The van der Waals surface area contributed by atoms with Crippen LogP contribution >= 0.6 is 0 Å². The largest absolute Gasteiger partial charge is 0.444 e. The zero-order chi connectivity index (χ0) is 13.1. The van der Waals surface area contributed by atoms with E-state index in [0.717, 1.165) is 12.8 Å². The maximum Gasteiger partial charge on any atom is 0.410 e. The molecule has 0 radical (unpaired) electrons. The van der Waals surface area contributed by atoms with E-state index < -0.39 is 17.4 Å². The molecule has 1 unspecified atom stereocenters. The van der Waals surface area contributed by atoms with Crippen LogP contribution in [0.25, 0.3) is 0 Å². The topological polar surface area (TPSA) is 29.5 Å². The van der Waals surface area contributed by atoms with Gasteiger partial charge in [-0.3, -0.25) is 0 Å². The van der Waals surface area contributed by atoms with Crippen molar-refractivity contribution in [2.24, 2.45) is 0 Å². The molecule has 0 saturated carbocycles. The highest BCUT2D eigenvalue weighted by Gasteiger charge is 2.37. The van der Waals surface area contributed by atoms with Gasteiger partial charge in [0, 0.05) is 6.54 Å². The zero-order valence-electron chi connectivity index (χ0n) is 11.4. The van der Waals surface area contributed by atoms with Crippen LogP contribution in [0.2, 0.25) is 0 Å². The van der Waals surface area contributed by atoms with E-state index in [9.17, 15) is 9.18 Å². The lowest BCUT2D eigenvalue weighted by Gasteiger charge is -2.37. The summed E-state index contributed by atoms with van der Waals surface area (Å²) < 4.78 is 19.6. The lowest BCUT2D eigenvalue weighted by molar-refractivity contribution is -0.00773. The van der Waals surface area contributed by atoms with E-state index in [0.29, 0.717) is 19.4 Å². The van der Waals surface area contributed by atoms with Gasteiger partial charge in [-0.15, -0.1) is 0 Å². The number of likely N-dealkylation sites (tertiary alicyclic amines) is 1. The van der Waals surface area contributed by atoms with Crippen molar-refractivity contribution < 1.29 is 13.9 Å². The molecule has 1 rings (SSSR count). The highest BCUT2D eigenvalue weighted by Crippen LogP contribution is 2.30. The van der Waals surface area contributed by atoms with E-state index >= 15 is 0 Å². The summed E-state index contributed by atoms with van der Waals surface area (Å²) in [5, 5.41) is 0. The average molecular weight is 245 g/mol. The molecule has 0 aromatic rings. The van der Waals surface area contributed by atoms with Crippen molar-refractivity contribution in [3.63, 3.8) is 0 Å². The van der Waals surface area contributed by atoms with Crippen molar-refractivity contribution in [1.82, 2.24) is 4.90 Å². The van der Waals surface area contributed by atoms with Gasteiger partial charge in [0.15, 0.2) is 0 Å². The van der Waals surface area contributed by atoms with Crippen LogP contribution < -0.4 is 0 Å². The van der Waals surface area contributed by atoms with E-state index in [1.807, 2.05) is 27.7 Å². The van der Waals surface area contributed by atoms with Gasteiger partial charge in [0.05, 0.1) is 6.54 Å². The first kappa shape index (κ1) is 14.3. The molecule has 0 aromatic carbocycles. The first-order valence-electron chi connectivity index (χ1n) is 6.43. The van der Waals surface area contributed by atoms with Crippen LogP contribution in [-0.4, -0.2) is 35.4 Å². The number of carbonyl (C=O) groups is 1. The third-order valence-corrected chi connectivity index (χ3v) is 2.88. The predicted molar refractivity (Wildman–Crippen MR) is 65.8 cm³/mol. The number of hydrogen-bond donors (Lipinski definition) is 0. The normalized spacial score (nSPS) is 25.8. The molecule has 0 bridgehead atoms. The third-order valence-electron chi connectivity index (χ3n) is 2.88. The van der Waals surface area contributed by atoms with Crippen LogP contribution in [0.3, 0.4) is 0 Å². The van der Waals surface area contributed by atoms with Gasteiger partial charge >= 0.3 is 6.09 Å². The van der Waals surface area contributed by atoms with Crippen LogP contribution in [0.1, 0.15) is 53.4 Å². The molecule has 1 atom stereocenters. The Bertz CT molecular complexity index is 271. The van der Waals surface area contributed by atoms with Crippen LogP contribution in [0.15, 0.2) is 0 Å². The monoisotopic (exact) mass is 245 g/mol. The van der Waals surface area contributed by atoms with Gasteiger partial charge in [-0.1, -0.05) is 13.3 Å². The molecule has 1 heterocycles. The van der Waals surface area contributed by atoms with Gasteiger partial charge in [-0.25, -0.2) is 9.18 Å². The van der Waals surface area contributed by atoms with Crippen molar-refractivity contribution in [3.8, 4) is 0 Å². The van der Waals surface area contributed by atoms with E-state index in [-0.39, 0.29) is 6.54 Å². The van der Waals surface area contributed by atoms with E-state index in [1.165, 1.54) is 4.90 Å². The maximum atomic E-state index is 14.4. The number of alkyl halides is 1. The Balaban J connectivity index is 2.57. The Hall–Kier alpha value is -0.800. The second-order valence-corrected chi connectivity index (χ2v) is 5.91. The van der Waals surface area contributed by atoms with Crippen molar-refractivity contribution in [1.29, 1.82) is 0 Å². The summed E-state index contributed by atoms with van der Waals surface area (Å²) in [6.07, 6.45) is 2.20. The number of nitrogens with zero attached hydrogens (tertiary/aromatic N) is 1. The molecule has 1 aliphatic rings. The number of amides is 1. The number of carbonyl (C=O) groups excluding carboxylic acids is 1. The van der Waals surface area contributed by atoms with Gasteiger partial charge in [0.1, 0.15) is 11.3 Å². The SMILES string of the molecule is CCCC1(F)CCCN(C(=O)OC(C)(C)C)C1. The summed E-state index contributed by atoms with van der Waals surface area (Å²) in [6, 6.07) is 0. The molecule has 100 valence electrons. The molecule has 1 saturated heterocycles. The van der Waals surface area contributed by atoms with Crippen LogP contribution in [-0.2, 0) is 4.74 Å². The van der Waals surface area contributed by atoms with Crippen molar-refractivity contribution in [2.75, 3.05) is 13.1 Å². The fraction of sp³-hybridized carbons (Fsp3) is 0.923. The minimum absolute atomic E-state index is 0.176. The molecular formula is C13H24FNO2. The molecule has 1 aliphatic heterocycles. The molecule has 3 nitrogen and oxygen atoms in total. The summed E-state index contributed by atoms with van der Waals surface area (Å²) >= 11 is 0. The Morgan fingerprint density at radius 2 is 2.12 bits per heavy atom. The number of halogens is 1.